The molecule has 11 heteroatoms. The number of carbonyl (C=O) groups is 1. The molecule has 1 saturated heterocycles. The molecular formula is C17H24F3N3O4S. The second-order valence-corrected chi connectivity index (χ2v) is 8.62. The summed E-state index contributed by atoms with van der Waals surface area (Å²) >= 11 is 0. The van der Waals surface area contributed by atoms with E-state index in [1.807, 2.05) is 0 Å². The lowest BCUT2D eigenvalue weighted by Gasteiger charge is -2.37. The summed E-state index contributed by atoms with van der Waals surface area (Å²) in [4.78, 5) is 12.3. The molecule has 2 atom stereocenters. The average molecular weight is 423 g/mol. The Morgan fingerprint density at radius 2 is 1.82 bits per heavy atom. The van der Waals surface area contributed by atoms with Crippen LogP contribution < -0.4 is 5.32 Å². The standard InChI is InChI=1S/C17H24F3N3O4S/c1-4-7-22(28(25,26)23-8-11(2)27-12(3)9-23)10-15(24)21-14-6-5-13(18)16(19)17(14)20/h5-6,11-12H,4,7-10H2,1-3H3,(H,21,24). The molecule has 7 nitrogen and oxygen atoms in total. The predicted octanol–water partition coefficient (Wildman–Crippen LogP) is 2.11. The molecular weight excluding hydrogens is 399 g/mol. The number of morpholine rings is 1. The van der Waals surface area contributed by atoms with Crippen LogP contribution in [-0.2, 0) is 19.7 Å². The second kappa shape index (κ2) is 9.21. The van der Waals surface area contributed by atoms with Gasteiger partial charge in [0.15, 0.2) is 17.5 Å². The van der Waals surface area contributed by atoms with Crippen molar-refractivity contribution in [2.75, 3.05) is 31.5 Å². The van der Waals surface area contributed by atoms with Gasteiger partial charge in [0.05, 0.1) is 24.4 Å². The Morgan fingerprint density at radius 1 is 1.21 bits per heavy atom. The van der Waals surface area contributed by atoms with Crippen molar-refractivity contribution in [2.45, 2.75) is 39.4 Å². The number of hydrogen-bond donors (Lipinski definition) is 1. The minimum absolute atomic E-state index is 0.0656. The van der Waals surface area contributed by atoms with Crippen LogP contribution in [0.15, 0.2) is 12.1 Å². The van der Waals surface area contributed by atoms with Gasteiger partial charge in [-0.3, -0.25) is 4.79 Å². The molecule has 0 aromatic heterocycles. The molecule has 1 aromatic carbocycles. The normalized spacial score (nSPS) is 21.1. The van der Waals surface area contributed by atoms with E-state index in [4.69, 9.17) is 4.74 Å². The zero-order valence-corrected chi connectivity index (χ0v) is 16.7. The van der Waals surface area contributed by atoms with E-state index in [1.165, 1.54) is 4.31 Å². The number of hydrogen-bond acceptors (Lipinski definition) is 4. The van der Waals surface area contributed by atoms with E-state index < -0.39 is 45.8 Å². The van der Waals surface area contributed by atoms with Gasteiger partial charge in [-0.25, -0.2) is 13.2 Å². The summed E-state index contributed by atoms with van der Waals surface area (Å²) in [7, 11) is -3.97. The highest BCUT2D eigenvalue weighted by Gasteiger charge is 2.36. The molecule has 0 radical (unpaired) electrons. The predicted molar refractivity (Wildman–Crippen MR) is 97.3 cm³/mol. The number of rotatable bonds is 7. The van der Waals surface area contributed by atoms with E-state index in [-0.39, 0.29) is 31.8 Å². The third-order valence-electron chi connectivity index (χ3n) is 4.14. The van der Waals surface area contributed by atoms with Gasteiger partial charge in [-0.2, -0.15) is 17.0 Å². The number of carbonyl (C=O) groups excluding carboxylic acids is 1. The molecule has 1 N–H and O–H groups in total. The van der Waals surface area contributed by atoms with Crippen LogP contribution in [0, 0.1) is 17.5 Å². The van der Waals surface area contributed by atoms with Gasteiger partial charge in [0.2, 0.25) is 5.91 Å². The first-order chi connectivity index (χ1) is 13.1. The number of nitrogens with one attached hydrogen (secondary N) is 1. The maximum Gasteiger partial charge on any atom is 0.282 e. The van der Waals surface area contributed by atoms with Crippen molar-refractivity contribution in [1.29, 1.82) is 0 Å². The smallest absolute Gasteiger partial charge is 0.282 e. The molecule has 1 heterocycles. The van der Waals surface area contributed by atoms with E-state index in [9.17, 15) is 26.4 Å². The zero-order chi connectivity index (χ0) is 21.1. The summed E-state index contributed by atoms with van der Waals surface area (Å²) < 4.78 is 73.7. The third-order valence-corrected chi connectivity index (χ3v) is 6.06. The minimum Gasteiger partial charge on any atom is -0.373 e. The number of amides is 1. The van der Waals surface area contributed by atoms with Crippen LogP contribution in [-0.4, -0.2) is 61.3 Å². The highest BCUT2D eigenvalue weighted by Crippen LogP contribution is 2.21. The molecule has 28 heavy (non-hydrogen) atoms. The van der Waals surface area contributed by atoms with E-state index in [1.54, 1.807) is 20.8 Å². The van der Waals surface area contributed by atoms with Gasteiger partial charge >= 0.3 is 0 Å². The summed E-state index contributed by atoms with van der Waals surface area (Å²) in [6.45, 7) is 5.02. The third kappa shape index (κ3) is 5.22. The molecule has 0 spiro atoms. The van der Waals surface area contributed by atoms with Gasteiger partial charge in [0.25, 0.3) is 10.2 Å². The fraction of sp³-hybridized carbons (Fsp3) is 0.588. The first kappa shape index (κ1) is 22.6. The molecule has 1 amide bonds. The van der Waals surface area contributed by atoms with Crippen LogP contribution in [0.25, 0.3) is 0 Å². The van der Waals surface area contributed by atoms with Crippen LogP contribution in [0.5, 0.6) is 0 Å². The molecule has 2 unspecified atom stereocenters. The van der Waals surface area contributed by atoms with Gasteiger partial charge in [0.1, 0.15) is 0 Å². The van der Waals surface area contributed by atoms with Crippen LogP contribution >= 0.6 is 0 Å². The zero-order valence-electron chi connectivity index (χ0n) is 15.9. The molecule has 1 aliphatic rings. The highest BCUT2D eigenvalue weighted by atomic mass is 32.2. The van der Waals surface area contributed by atoms with Crippen LogP contribution in [0.3, 0.4) is 0 Å². The van der Waals surface area contributed by atoms with E-state index >= 15 is 0 Å². The second-order valence-electron chi connectivity index (χ2n) is 6.69. The molecule has 0 bridgehead atoms. The van der Waals surface area contributed by atoms with Crippen molar-refractivity contribution in [3.8, 4) is 0 Å². The largest absolute Gasteiger partial charge is 0.373 e. The molecule has 2 rings (SSSR count). The fourth-order valence-electron chi connectivity index (χ4n) is 2.98. The molecule has 0 aliphatic carbocycles. The number of anilines is 1. The lowest BCUT2D eigenvalue weighted by molar-refractivity contribution is -0.116. The quantitative estimate of drug-likeness (QED) is 0.682. The number of ether oxygens (including phenoxy) is 1. The molecule has 1 fully saturated rings. The van der Waals surface area contributed by atoms with Gasteiger partial charge in [-0.15, -0.1) is 0 Å². The van der Waals surface area contributed by atoms with E-state index in [2.05, 4.69) is 5.32 Å². The van der Waals surface area contributed by atoms with Gasteiger partial charge < -0.3 is 10.1 Å². The SMILES string of the molecule is CCCN(CC(=O)Nc1ccc(F)c(F)c1F)S(=O)(=O)N1CC(C)OC(C)C1. The lowest BCUT2D eigenvalue weighted by atomic mass is 10.2. The van der Waals surface area contributed by atoms with Crippen LogP contribution in [0.2, 0.25) is 0 Å². The van der Waals surface area contributed by atoms with Crippen molar-refractivity contribution >= 4 is 21.8 Å². The Labute approximate surface area is 162 Å². The van der Waals surface area contributed by atoms with Crippen molar-refractivity contribution in [1.82, 2.24) is 8.61 Å². The maximum atomic E-state index is 13.7. The van der Waals surface area contributed by atoms with Crippen molar-refractivity contribution in [2.24, 2.45) is 0 Å². The molecule has 1 aliphatic heterocycles. The van der Waals surface area contributed by atoms with Gasteiger partial charge in [-0.05, 0) is 32.4 Å². The number of benzene rings is 1. The molecule has 158 valence electrons. The number of nitrogens with zero attached hydrogens (tertiary/aromatic N) is 2. The topological polar surface area (TPSA) is 79.0 Å². The first-order valence-corrected chi connectivity index (χ1v) is 10.3. The maximum absolute atomic E-state index is 13.7. The van der Waals surface area contributed by atoms with Gasteiger partial charge in [0, 0.05) is 19.6 Å². The van der Waals surface area contributed by atoms with Crippen molar-refractivity contribution < 1.29 is 31.1 Å². The minimum atomic E-state index is -3.97. The van der Waals surface area contributed by atoms with Crippen molar-refractivity contribution in [3.05, 3.63) is 29.6 Å². The van der Waals surface area contributed by atoms with Crippen molar-refractivity contribution in [3.63, 3.8) is 0 Å². The van der Waals surface area contributed by atoms with E-state index in [0.29, 0.717) is 12.5 Å². The highest BCUT2D eigenvalue weighted by molar-refractivity contribution is 7.86. The summed E-state index contributed by atoms with van der Waals surface area (Å²) in [5, 5.41) is 2.09. The Bertz CT molecular complexity index is 812. The average Bonchev–Trinajstić information content (AvgIpc) is 2.61. The fourth-order valence-corrected chi connectivity index (χ4v) is 4.80. The van der Waals surface area contributed by atoms with E-state index in [0.717, 1.165) is 10.4 Å². The Hall–Kier alpha value is -1.69. The summed E-state index contributed by atoms with van der Waals surface area (Å²) in [6, 6.07) is 1.54. The molecule has 1 aromatic rings. The first-order valence-electron chi connectivity index (χ1n) is 8.90. The Kier molecular flexibility index (Phi) is 7.43. The Morgan fingerprint density at radius 3 is 2.39 bits per heavy atom. The summed E-state index contributed by atoms with van der Waals surface area (Å²) in [5.74, 6) is -5.52. The monoisotopic (exact) mass is 423 g/mol. The Balaban J connectivity index is 2.15. The van der Waals surface area contributed by atoms with Crippen LogP contribution in [0.1, 0.15) is 27.2 Å². The van der Waals surface area contributed by atoms with Crippen LogP contribution in [0.4, 0.5) is 18.9 Å². The molecule has 0 saturated carbocycles. The lowest BCUT2D eigenvalue weighted by Crippen LogP contribution is -2.54. The van der Waals surface area contributed by atoms with Gasteiger partial charge in [-0.1, -0.05) is 6.92 Å². The summed E-state index contributed by atoms with van der Waals surface area (Å²) in [5.41, 5.74) is -0.564. The number of halogens is 3. The summed E-state index contributed by atoms with van der Waals surface area (Å²) in [6.07, 6.45) is -0.152.